The Balaban J connectivity index is 2.53. The van der Waals surface area contributed by atoms with Gasteiger partial charge in [0.25, 0.3) is 0 Å². The summed E-state index contributed by atoms with van der Waals surface area (Å²) in [7, 11) is 0. The maximum absolute atomic E-state index is 5.35. The Morgan fingerprint density at radius 2 is 2.21 bits per heavy atom. The van der Waals surface area contributed by atoms with Gasteiger partial charge >= 0.3 is 0 Å². The van der Waals surface area contributed by atoms with E-state index in [4.69, 9.17) is 4.42 Å². The van der Waals surface area contributed by atoms with Crippen molar-refractivity contribution in [1.82, 2.24) is 4.98 Å². The topological polar surface area (TPSA) is 26.0 Å². The van der Waals surface area contributed by atoms with Crippen LogP contribution in [0, 0.1) is 0 Å². The van der Waals surface area contributed by atoms with Crippen molar-refractivity contribution >= 4 is 59.1 Å². The van der Waals surface area contributed by atoms with E-state index in [1.54, 1.807) is 11.3 Å². The van der Waals surface area contributed by atoms with Crippen molar-refractivity contribution in [2.75, 3.05) is 0 Å². The van der Waals surface area contributed by atoms with Crippen LogP contribution in [0.25, 0.3) is 11.3 Å². The number of rotatable bonds is 2. The Bertz CT molecular complexity index is 451. The molecule has 0 aliphatic carbocycles. The molecule has 0 aromatic carbocycles. The van der Waals surface area contributed by atoms with Gasteiger partial charge in [0.1, 0.15) is 0 Å². The van der Waals surface area contributed by atoms with E-state index in [0.717, 1.165) is 24.6 Å². The quantitative estimate of drug-likeness (QED) is 0.674. The molecule has 2 nitrogen and oxygen atoms in total. The van der Waals surface area contributed by atoms with Gasteiger partial charge in [0, 0.05) is 10.9 Å². The molecule has 2 aromatic heterocycles. The van der Waals surface area contributed by atoms with E-state index >= 15 is 0 Å². The van der Waals surface area contributed by atoms with Gasteiger partial charge in [-0.1, -0.05) is 15.9 Å². The van der Waals surface area contributed by atoms with E-state index in [0.29, 0.717) is 5.33 Å². The summed E-state index contributed by atoms with van der Waals surface area (Å²) in [4.78, 5) is 4.12. The molecule has 2 rings (SSSR count). The number of thiophene rings is 1. The Kier molecular flexibility index (Phi) is 3.46. The maximum atomic E-state index is 5.35. The first kappa shape index (κ1) is 10.9. The second kappa shape index (κ2) is 4.47. The number of alkyl halides is 1. The highest BCUT2D eigenvalue weighted by Crippen LogP contribution is 2.39. The third kappa shape index (κ3) is 1.98. The predicted octanol–water partition coefficient (Wildman–Crippen LogP) is 4.82. The molecule has 14 heavy (non-hydrogen) atoms. The zero-order valence-corrected chi connectivity index (χ0v) is 12.3. The minimum absolute atomic E-state index is 0.693. The lowest BCUT2D eigenvalue weighted by molar-refractivity contribution is 0.571. The van der Waals surface area contributed by atoms with E-state index < -0.39 is 0 Å². The Hall–Kier alpha value is 0.350. The molecule has 0 unspecified atom stereocenters. The molecule has 0 aliphatic heterocycles. The van der Waals surface area contributed by atoms with Crippen LogP contribution in [0.2, 0.25) is 0 Å². The van der Waals surface area contributed by atoms with Gasteiger partial charge in [-0.15, -0.1) is 11.3 Å². The van der Waals surface area contributed by atoms with Gasteiger partial charge in [0.15, 0.2) is 12.2 Å². The summed E-state index contributed by atoms with van der Waals surface area (Å²) in [5.41, 5.74) is 1.95. The van der Waals surface area contributed by atoms with E-state index in [1.165, 1.54) is 6.39 Å². The Labute approximate surface area is 110 Å². The first-order valence-corrected chi connectivity index (χ1v) is 7.18. The third-order valence-corrected chi connectivity index (χ3v) is 4.54. The van der Waals surface area contributed by atoms with E-state index in [1.807, 2.05) is 6.07 Å². The second-order valence-electron chi connectivity index (χ2n) is 2.50. The first-order valence-electron chi connectivity index (χ1n) is 3.66. The van der Waals surface area contributed by atoms with Crippen molar-refractivity contribution in [3.8, 4) is 11.3 Å². The zero-order valence-electron chi connectivity index (χ0n) is 6.76. The molecule has 0 radical (unpaired) electrons. The maximum Gasteiger partial charge on any atom is 0.181 e. The lowest BCUT2D eigenvalue weighted by Crippen LogP contribution is -1.80. The van der Waals surface area contributed by atoms with Crippen LogP contribution in [0.5, 0.6) is 0 Å². The van der Waals surface area contributed by atoms with Crippen LogP contribution in [-0.2, 0) is 5.33 Å². The number of hydrogen-bond acceptors (Lipinski definition) is 3. The highest BCUT2D eigenvalue weighted by molar-refractivity contribution is 9.12. The average Bonchev–Trinajstić information content (AvgIpc) is 2.71. The number of nitrogens with zero attached hydrogens (tertiary/aromatic N) is 1. The van der Waals surface area contributed by atoms with Gasteiger partial charge in [-0.05, 0) is 37.9 Å². The molecule has 0 spiro atoms. The van der Waals surface area contributed by atoms with Crippen LogP contribution < -0.4 is 0 Å². The summed E-state index contributed by atoms with van der Waals surface area (Å²) in [6.45, 7) is 0. The standard InChI is InChI=1S/C8H4Br3NOS/c9-2-5-7(13-3-12-5)4-1-6(10)14-8(4)11/h1,3H,2H2. The Morgan fingerprint density at radius 3 is 2.79 bits per heavy atom. The Morgan fingerprint density at radius 1 is 1.43 bits per heavy atom. The van der Waals surface area contributed by atoms with Crippen molar-refractivity contribution in [2.24, 2.45) is 0 Å². The average molecular weight is 402 g/mol. The summed E-state index contributed by atoms with van der Waals surface area (Å²) in [6.07, 6.45) is 1.46. The minimum Gasteiger partial charge on any atom is -0.443 e. The van der Waals surface area contributed by atoms with Gasteiger partial charge in [-0.3, -0.25) is 0 Å². The molecule has 2 aromatic rings. The molecule has 0 atom stereocenters. The fourth-order valence-electron chi connectivity index (χ4n) is 1.08. The molecule has 74 valence electrons. The highest BCUT2D eigenvalue weighted by atomic mass is 79.9. The largest absolute Gasteiger partial charge is 0.443 e. The second-order valence-corrected chi connectivity index (χ2v) is 6.81. The lowest BCUT2D eigenvalue weighted by atomic mass is 10.2. The fraction of sp³-hybridized carbons (Fsp3) is 0.125. The predicted molar refractivity (Wildman–Crippen MR) is 67.8 cm³/mol. The normalized spacial score (nSPS) is 10.8. The fourth-order valence-corrected chi connectivity index (χ4v) is 4.27. The number of aromatic nitrogens is 1. The van der Waals surface area contributed by atoms with Gasteiger partial charge < -0.3 is 4.42 Å². The smallest absolute Gasteiger partial charge is 0.181 e. The summed E-state index contributed by atoms with van der Waals surface area (Å²) in [5.74, 6) is 0.815. The summed E-state index contributed by atoms with van der Waals surface area (Å²) < 4.78 is 7.46. The van der Waals surface area contributed by atoms with Crippen molar-refractivity contribution < 1.29 is 4.42 Å². The van der Waals surface area contributed by atoms with Gasteiger partial charge in [0.05, 0.1) is 13.3 Å². The van der Waals surface area contributed by atoms with Crippen LogP contribution >= 0.6 is 59.1 Å². The molecule has 0 N–H and O–H groups in total. The van der Waals surface area contributed by atoms with E-state index in [-0.39, 0.29) is 0 Å². The molecular weight excluding hydrogens is 398 g/mol. The van der Waals surface area contributed by atoms with Crippen LogP contribution in [0.1, 0.15) is 5.69 Å². The van der Waals surface area contributed by atoms with Crippen molar-refractivity contribution in [3.63, 3.8) is 0 Å². The van der Waals surface area contributed by atoms with Crippen molar-refractivity contribution in [3.05, 3.63) is 25.7 Å². The number of oxazole rings is 1. The summed E-state index contributed by atoms with van der Waals surface area (Å²) >= 11 is 11.9. The number of hydrogen-bond donors (Lipinski definition) is 0. The molecule has 0 aliphatic rings. The number of halogens is 3. The summed E-state index contributed by atoms with van der Waals surface area (Å²) in [5, 5.41) is 0.693. The molecule has 2 heterocycles. The molecule has 0 saturated heterocycles. The van der Waals surface area contributed by atoms with Crippen LogP contribution in [-0.4, -0.2) is 4.98 Å². The molecular formula is C8H4Br3NOS. The molecule has 0 fully saturated rings. The van der Waals surface area contributed by atoms with E-state index in [2.05, 4.69) is 52.8 Å². The first-order chi connectivity index (χ1) is 6.72. The van der Waals surface area contributed by atoms with Crippen molar-refractivity contribution in [1.29, 1.82) is 0 Å². The van der Waals surface area contributed by atoms with E-state index in [9.17, 15) is 0 Å². The molecule has 0 amide bonds. The van der Waals surface area contributed by atoms with Crippen LogP contribution in [0.15, 0.2) is 24.4 Å². The lowest BCUT2D eigenvalue weighted by Gasteiger charge is -1.94. The van der Waals surface area contributed by atoms with Gasteiger partial charge in [-0.25, -0.2) is 4.98 Å². The van der Waals surface area contributed by atoms with Crippen LogP contribution in [0.3, 0.4) is 0 Å². The molecule has 0 saturated carbocycles. The summed E-state index contributed by atoms with van der Waals surface area (Å²) in [6, 6.07) is 2.02. The van der Waals surface area contributed by atoms with Gasteiger partial charge in [-0.2, -0.15) is 0 Å². The highest BCUT2D eigenvalue weighted by Gasteiger charge is 2.15. The minimum atomic E-state index is 0.693. The third-order valence-electron chi connectivity index (χ3n) is 1.67. The monoisotopic (exact) mass is 399 g/mol. The molecule has 6 heteroatoms. The SMILES string of the molecule is BrCc1ncoc1-c1cc(Br)sc1Br. The van der Waals surface area contributed by atoms with Gasteiger partial charge in [0.2, 0.25) is 0 Å². The van der Waals surface area contributed by atoms with Crippen LogP contribution in [0.4, 0.5) is 0 Å². The van der Waals surface area contributed by atoms with Crippen molar-refractivity contribution in [2.45, 2.75) is 5.33 Å². The zero-order chi connectivity index (χ0) is 10.1. The molecule has 0 bridgehead atoms.